The molecule has 0 bridgehead atoms. The molecule has 1 aliphatic heterocycles. The highest BCUT2D eigenvalue weighted by Crippen LogP contribution is 2.50. The number of hydrogen-bond acceptors (Lipinski definition) is 7. The van der Waals surface area contributed by atoms with Crippen LogP contribution in [0.25, 0.3) is 11.1 Å². The lowest BCUT2D eigenvalue weighted by Crippen LogP contribution is -2.26. The van der Waals surface area contributed by atoms with E-state index in [1.54, 1.807) is 31.2 Å². The minimum absolute atomic E-state index is 0.0650. The van der Waals surface area contributed by atoms with Crippen molar-refractivity contribution in [2.75, 3.05) is 27.4 Å². The predicted molar refractivity (Wildman–Crippen MR) is 108 cm³/mol. The standard InChI is InChI=1S/C23H24O7/c1-4-28-22(25)23(9-10-23)13-30-19-16(7-8-18(26-2)20(19)27-3)14-5-6-17-15(11-14)12-29-21(17)24/h5-8,11H,4,9-10,12-13H2,1-3H3/i3D2. The van der Waals surface area contributed by atoms with Gasteiger partial charge in [-0.1, -0.05) is 6.07 Å². The van der Waals surface area contributed by atoms with Crippen molar-refractivity contribution in [3.8, 4) is 28.4 Å². The summed E-state index contributed by atoms with van der Waals surface area (Å²) in [6.45, 7) is 2.29. The molecule has 0 unspecified atom stereocenters. The minimum atomic E-state index is -1.62. The first kappa shape index (κ1) is 17.6. The number of rotatable bonds is 8. The maximum absolute atomic E-state index is 12.4. The summed E-state index contributed by atoms with van der Waals surface area (Å²) in [7, 11) is -0.166. The van der Waals surface area contributed by atoms with Crippen molar-refractivity contribution in [1.82, 2.24) is 0 Å². The second kappa shape index (κ2) is 7.89. The van der Waals surface area contributed by atoms with Gasteiger partial charge in [0.2, 0.25) is 5.75 Å². The molecular weight excluding hydrogens is 388 g/mol. The van der Waals surface area contributed by atoms with Gasteiger partial charge in [0.15, 0.2) is 11.5 Å². The maximum atomic E-state index is 12.4. The Morgan fingerprint density at radius 1 is 1.17 bits per heavy atom. The lowest BCUT2D eigenvalue weighted by molar-refractivity contribution is -0.150. The van der Waals surface area contributed by atoms with Gasteiger partial charge < -0.3 is 23.7 Å². The monoisotopic (exact) mass is 414 g/mol. The summed E-state index contributed by atoms with van der Waals surface area (Å²) in [6, 6.07) is 8.71. The molecule has 1 fully saturated rings. The number of carbonyl (C=O) groups is 2. The number of hydrogen-bond donors (Lipinski definition) is 0. The molecule has 1 heterocycles. The quantitative estimate of drug-likeness (QED) is 0.609. The Balaban J connectivity index is 1.75. The second-order valence-electron chi connectivity index (χ2n) is 7.33. The van der Waals surface area contributed by atoms with E-state index in [4.69, 9.17) is 26.4 Å². The highest BCUT2D eigenvalue weighted by Gasteiger charge is 2.52. The van der Waals surface area contributed by atoms with E-state index in [0.29, 0.717) is 29.7 Å². The number of carbonyl (C=O) groups excluding carboxylic acids is 2. The zero-order chi connectivity index (χ0) is 22.9. The number of esters is 2. The number of ether oxygens (including phenoxy) is 5. The van der Waals surface area contributed by atoms with Gasteiger partial charge in [-0.2, -0.15) is 0 Å². The van der Waals surface area contributed by atoms with Crippen LogP contribution in [-0.4, -0.2) is 39.3 Å². The van der Waals surface area contributed by atoms with Crippen molar-refractivity contribution in [3.63, 3.8) is 0 Å². The van der Waals surface area contributed by atoms with Gasteiger partial charge in [0.1, 0.15) is 18.6 Å². The summed E-state index contributed by atoms with van der Waals surface area (Å²) in [5, 5.41) is 0. The van der Waals surface area contributed by atoms with Crippen LogP contribution in [0.4, 0.5) is 0 Å². The van der Waals surface area contributed by atoms with Gasteiger partial charge in [-0.15, -0.1) is 0 Å². The van der Waals surface area contributed by atoms with Crippen molar-refractivity contribution in [3.05, 3.63) is 41.5 Å². The second-order valence-corrected chi connectivity index (χ2v) is 7.33. The lowest BCUT2D eigenvalue weighted by atomic mass is 9.99. The zero-order valence-electron chi connectivity index (χ0n) is 18.9. The van der Waals surface area contributed by atoms with E-state index in [2.05, 4.69) is 0 Å². The molecule has 1 aliphatic carbocycles. The van der Waals surface area contributed by atoms with Crippen molar-refractivity contribution in [2.45, 2.75) is 26.4 Å². The van der Waals surface area contributed by atoms with Crippen molar-refractivity contribution < 1.29 is 36.0 Å². The molecule has 158 valence electrons. The fourth-order valence-corrected chi connectivity index (χ4v) is 3.54. The molecule has 0 atom stereocenters. The van der Waals surface area contributed by atoms with Crippen molar-refractivity contribution >= 4 is 11.9 Å². The lowest BCUT2D eigenvalue weighted by Gasteiger charge is -2.20. The molecule has 0 saturated heterocycles. The summed E-state index contributed by atoms with van der Waals surface area (Å²) in [4.78, 5) is 24.2. The molecule has 7 heteroatoms. The fraction of sp³-hybridized carbons (Fsp3) is 0.391. The first-order valence-electron chi connectivity index (χ1n) is 10.9. The third kappa shape index (κ3) is 3.44. The van der Waals surface area contributed by atoms with E-state index in [-0.39, 0.29) is 43.3 Å². The molecule has 2 aromatic rings. The van der Waals surface area contributed by atoms with Crippen LogP contribution in [0.1, 0.15) is 38.4 Å². The van der Waals surface area contributed by atoms with E-state index in [9.17, 15) is 9.59 Å². The third-order valence-corrected chi connectivity index (χ3v) is 5.46. The topological polar surface area (TPSA) is 80.3 Å². The van der Waals surface area contributed by atoms with Crippen molar-refractivity contribution in [2.24, 2.45) is 5.41 Å². The molecule has 0 radical (unpaired) electrons. The number of methoxy groups -OCH3 is 2. The molecule has 0 spiro atoms. The third-order valence-electron chi connectivity index (χ3n) is 5.46. The van der Waals surface area contributed by atoms with Crippen LogP contribution in [0.3, 0.4) is 0 Å². The fourth-order valence-electron chi connectivity index (χ4n) is 3.54. The van der Waals surface area contributed by atoms with E-state index in [1.807, 2.05) is 6.07 Å². The Morgan fingerprint density at radius 3 is 2.67 bits per heavy atom. The van der Waals surface area contributed by atoms with Crippen LogP contribution in [0.5, 0.6) is 17.2 Å². The Bertz CT molecular complexity index is 1050. The molecule has 0 aromatic heterocycles. The maximum Gasteiger partial charge on any atom is 0.338 e. The Kier molecular flexibility index (Phi) is 4.64. The predicted octanol–water partition coefficient (Wildman–Crippen LogP) is 3.76. The minimum Gasteiger partial charge on any atom is -0.493 e. The van der Waals surface area contributed by atoms with Gasteiger partial charge in [0.05, 0.1) is 29.1 Å². The molecular formula is C23H24O7. The smallest absolute Gasteiger partial charge is 0.338 e. The Labute approximate surface area is 177 Å². The largest absolute Gasteiger partial charge is 0.493 e. The average molecular weight is 414 g/mol. The van der Waals surface area contributed by atoms with E-state index in [0.717, 1.165) is 11.1 Å². The summed E-state index contributed by atoms with van der Waals surface area (Å²) >= 11 is 0. The molecule has 0 N–H and O–H groups in total. The molecule has 2 aromatic carbocycles. The normalized spacial score (nSPS) is 16.8. The molecule has 7 nitrogen and oxygen atoms in total. The summed E-state index contributed by atoms with van der Waals surface area (Å²) in [5.74, 6) is -0.00638. The zero-order valence-corrected chi connectivity index (χ0v) is 16.9. The van der Waals surface area contributed by atoms with Crippen molar-refractivity contribution in [1.29, 1.82) is 0 Å². The molecule has 1 saturated carbocycles. The first-order chi connectivity index (χ1) is 15.4. The van der Waals surface area contributed by atoms with Gasteiger partial charge in [0.25, 0.3) is 0 Å². The molecule has 2 aliphatic rings. The summed E-state index contributed by atoms with van der Waals surface area (Å²) in [6.07, 6.45) is 1.30. The van der Waals surface area contributed by atoms with E-state index >= 15 is 0 Å². The van der Waals surface area contributed by atoms with E-state index in [1.165, 1.54) is 7.11 Å². The SMILES string of the molecule is [2H]C([2H])Oc1c(OC)ccc(-c2ccc3c(c2)COC3=O)c1OCC1(C(=O)OCC)CC1. The van der Waals surface area contributed by atoms with Gasteiger partial charge in [-0.3, -0.25) is 4.79 Å². The van der Waals surface area contributed by atoms with Gasteiger partial charge in [0, 0.05) is 11.1 Å². The summed E-state index contributed by atoms with van der Waals surface area (Å²) in [5.41, 5.74) is 1.89. The Hall–Kier alpha value is -3.22. The number of benzene rings is 2. The summed E-state index contributed by atoms with van der Waals surface area (Å²) < 4.78 is 42.4. The molecule has 4 rings (SSSR count). The highest BCUT2D eigenvalue weighted by atomic mass is 16.6. The number of cyclic esters (lactones) is 1. The van der Waals surface area contributed by atoms with Crippen LogP contribution in [0.2, 0.25) is 0 Å². The Morgan fingerprint density at radius 2 is 1.97 bits per heavy atom. The molecule has 0 amide bonds. The average Bonchev–Trinajstić information content (AvgIpc) is 3.49. The van der Waals surface area contributed by atoms with Gasteiger partial charge >= 0.3 is 11.9 Å². The molecule has 30 heavy (non-hydrogen) atoms. The van der Waals surface area contributed by atoms with E-state index < -0.39 is 12.5 Å². The van der Waals surface area contributed by atoms with Gasteiger partial charge in [-0.25, -0.2) is 4.79 Å². The van der Waals surface area contributed by atoms with Gasteiger partial charge in [-0.05, 0) is 49.6 Å². The first-order valence-corrected chi connectivity index (χ1v) is 9.71. The van der Waals surface area contributed by atoms with Crippen LogP contribution in [-0.2, 0) is 20.9 Å². The van der Waals surface area contributed by atoms with Crippen LogP contribution < -0.4 is 14.2 Å². The number of fused-ring (bicyclic) bond motifs is 1. The highest BCUT2D eigenvalue weighted by molar-refractivity contribution is 5.94. The van der Waals surface area contributed by atoms with Crippen LogP contribution in [0.15, 0.2) is 30.3 Å². The van der Waals surface area contributed by atoms with Crippen LogP contribution in [0, 0.1) is 5.41 Å². The van der Waals surface area contributed by atoms with Crippen LogP contribution >= 0.6 is 0 Å².